The molecule has 1 rings (SSSR count). The van der Waals surface area contributed by atoms with Gasteiger partial charge in [-0.3, -0.25) is 0 Å². The van der Waals surface area contributed by atoms with E-state index in [0.717, 1.165) is 6.42 Å². The van der Waals surface area contributed by atoms with Crippen molar-refractivity contribution in [2.24, 2.45) is 0 Å². The molecule has 0 fully saturated rings. The molecule has 0 amide bonds. The quantitative estimate of drug-likeness (QED) is 0.687. The standard InChI is InChI=1S/C10H17N3O3/c1-10(2,9(15)16)13-7-11-12-8(13)5-3-4-6-14/h7,14H,3-6H2,1-2H3,(H,15,16). The molecule has 0 saturated heterocycles. The van der Waals surface area contributed by atoms with Crippen LogP contribution in [0.3, 0.4) is 0 Å². The van der Waals surface area contributed by atoms with Crippen LogP contribution in [0.2, 0.25) is 0 Å². The first-order valence-corrected chi connectivity index (χ1v) is 5.23. The fourth-order valence-electron chi connectivity index (χ4n) is 1.39. The second kappa shape index (κ2) is 5.07. The monoisotopic (exact) mass is 227 g/mol. The van der Waals surface area contributed by atoms with Gasteiger partial charge in [-0.2, -0.15) is 0 Å². The number of carboxylic acids is 1. The van der Waals surface area contributed by atoms with Crippen LogP contribution in [0.5, 0.6) is 0 Å². The van der Waals surface area contributed by atoms with E-state index in [1.165, 1.54) is 6.33 Å². The van der Waals surface area contributed by atoms with Crippen molar-refractivity contribution in [3.05, 3.63) is 12.2 Å². The molecule has 6 nitrogen and oxygen atoms in total. The molecule has 90 valence electrons. The second-order valence-corrected chi connectivity index (χ2v) is 4.16. The van der Waals surface area contributed by atoms with Crippen LogP contribution in [0.1, 0.15) is 32.5 Å². The van der Waals surface area contributed by atoms with Crippen LogP contribution in [0, 0.1) is 0 Å². The third-order valence-electron chi connectivity index (χ3n) is 2.55. The van der Waals surface area contributed by atoms with Crippen molar-refractivity contribution in [3.8, 4) is 0 Å². The van der Waals surface area contributed by atoms with Gasteiger partial charge < -0.3 is 14.8 Å². The number of rotatable bonds is 6. The minimum atomic E-state index is -1.04. The van der Waals surface area contributed by atoms with Gasteiger partial charge in [-0.25, -0.2) is 4.79 Å². The number of aliphatic carboxylic acids is 1. The highest BCUT2D eigenvalue weighted by atomic mass is 16.4. The van der Waals surface area contributed by atoms with Gasteiger partial charge in [-0.05, 0) is 26.7 Å². The smallest absolute Gasteiger partial charge is 0.329 e. The lowest BCUT2D eigenvalue weighted by Gasteiger charge is -2.22. The summed E-state index contributed by atoms with van der Waals surface area (Å²) in [6.07, 6.45) is 3.50. The maximum atomic E-state index is 11.1. The zero-order valence-corrected chi connectivity index (χ0v) is 9.55. The zero-order valence-electron chi connectivity index (χ0n) is 9.55. The third-order valence-corrected chi connectivity index (χ3v) is 2.55. The summed E-state index contributed by atoms with van der Waals surface area (Å²) < 4.78 is 1.56. The lowest BCUT2D eigenvalue weighted by molar-refractivity contribution is -0.145. The molecule has 6 heteroatoms. The Kier molecular flexibility index (Phi) is 4.00. The molecule has 0 atom stereocenters. The maximum Gasteiger partial charge on any atom is 0.329 e. The summed E-state index contributed by atoms with van der Waals surface area (Å²) >= 11 is 0. The molecule has 1 aromatic rings. The summed E-state index contributed by atoms with van der Waals surface area (Å²) in [6, 6.07) is 0. The first kappa shape index (κ1) is 12.6. The Morgan fingerprint density at radius 3 is 2.75 bits per heavy atom. The molecule has 1 heterocycles. The summed E-state index contributed by atoms with van der Waals surface area (Å²) in [6.45, 7) is 3.35. The Labute approximate surface area is 93.9 Å². The molecule has 0 bridgehead atoms. The van der Waals surface area contributed by atoms with E-state index >= 15 is 0 Å². The van der Waals surface area contributed by atoms with Crippen molar-refractivity contribution >= 4 is 5.97 Å². The number of aryl methyl sites for hydroxylation is 1. The van der Waals surface area contributed by atoms with E-state index in [4.69, 9.17) is 10.2 Å². The average molecular weight is 227 g/mol. The minimum Gasteiger partial charge on any atom is -0.480 e. The van der Waals surface area contributed by atoms with E-state index in [1.54, 1.807) is 18.4 Å². The van der Waals surface area contributed by atoms with Gasteiger partial charge in [0, 0.05) is 13.0 Å². The Bertz CT molecular complexity index is 360. The van der Waals surface area contributed by atoms with Crippen LogP contribution in [0.4, 0.5) is 0 Å². The fourth-order valence-corrected chi connectivity index (χ4v) is 1.39. The summed E-state index contributed by atoms with van der Waals surface area (Å²) in [7, 11) is 0. The van der Waals surface area contributed by atoms with Crippen LogP contribution in [0.15, 0.2) is 6.33 Å². The van der Waals surface area contributed by atoms with Gasteiger partial charge in [0.15, 0.2) is 0 Å². The lowest BCUT2D eigenvalue weighted by atomic mass is 10.1. The maximum absolute atomic E-state index is 11.1. The van der Waals surface area contributed by atoms with E-state index < -0.39 is 11.5 Å². The number of carboxylic acid groups (broad SMARTS) is 1. The number of aromatic nitrogens is 3. The van der Waals surface area contributed by atoms with Crippen LogP contribution >= 0.6 is 0 Å². The normalized spacial score (nSPS) is 11.7. The van der Waals surface area contributed by atoms with Gasteiger partial charge in [-0.1, -0.05) is 0 Å². The molecule has 1 aromatic heterocycles. The molecule has 0 aliphatic rings. The highest BCUT2D eigenvalue weighted by Gasteiger charge is 2.31. The highest BCUT2D eigenvalue weighted by molar-refractivity contribution is 5.75. The highest BCUT2D eigenvalue weighted by Crippen LogP contribution is 2.17. The topological polar surface area (TPSA) is 88.2 Å². The lowest BCUT2D eigenvalue weighted by Crippen LogP contribution is -2.36. The molecular weight excluding hydrogens is 210 g/mol. The summed E-state index contributed by atoms with van der Waals surface area (Å²) in [5.74, 6) is -0.281. The molecule has 16 heavy (non-hydrogen) atoms. The number of unbranched alkanes of at least 4 members (excludes halogenated alkanes) is 1. The number of carbonyl (C=O) groups is 1. The summed E-state index contributed by atoms with van der Waals surface area (Å²) in [4.78, 5) is 11.1. The third kappa shape index (κ3) is 2.57. The van der Waals surface area contributed by atoms with E-state index in [9.17, 15) is 4.79 Å². The van der Waals surface area contributed by atoms with Crippen LogP contribution in [0.25, 0.3) is 0 Å². The van der Waals surface area contributed by atoms with Crippen molar-refractivity contribution in [2.75, 3.05) is 6.61 Å². The zero-order chi connectivity index (χ0) is 12.2. The second-order valence-electron chi connectivity index (χ2n) is 4.16. The number of hydrogen-bond donors (Lipinski definition) is 2. The van der Waals surface area contributed by atoms with E-state index in [-0.39, 0.29) is 6.61 Å². The van der Waals surface area contributed by atoms with Gasteiger partial charge in [0.25, 0.3) is 0 Å². The van der Waals surface area contributed by atoms with Crippen molar-refractivity contribution in [1.82, 2.24) is 14.8 Å². The Balaban J connectivity index is 2.81. The largest absolute Gasteiger partial charge is 0.480 e. The minimum absolute atomic E-state index is 0.135. The Morgan fingerprint density at radius 2 is 2.19 bits per heavy atom. The van der Waals surface area contributed by atoms with Gasteiger partial charge in [0.1, 0.15) is 17.7 Å². The van der Waals surface area contributed by atoms with E-state index in [1.807, 2.05) is 0 Å². The fraction of sp³-hybridized carbons (Fsp3) is 0.700. The predicted molar refractivity (Wildman–Crippen MR) is 57.0 cm³/mol. The predicted octanol–water partition coefficient (Wildman–Crippen LogP) is 0.413. The van der Waals surface area contributed by atoms with Gasteiger partial charge in [-0.15, -0.1) is 10.2 Å². The van der Waals surface area contributed by atoms with Crippen LogP contribution in [-0.2, 0) is 16.8 Å². The Hall–Kier alpha value is -1.43. The van der Waals surface area contributed by atoms with Gasteiger partial charge >= 0.3 is 5.97 Å². The van der Waals surface area contributed by atoms with Gasteiger partial charge in [0.05, 0.1) is 0 Å². The van der Waals surface area contributed by atoms with E-state index in [0.29, 0.717) is 18.7 Å². The van der Waals surface area contributed by atoms with E-state index in [2.05, 4.69) is 10.2 Å². The van der Waals surface area contributed by atoms with Crippen molar-refractivity contribution < 1.29 is 15.0 Å². The number of nitrogens with zero attached hydrogens (tertiary/aromatic N) is 3. The molecule has 0 unspecified atom stereocenters. The average Bonchev–Trinajstić information content (AvgIpc) is 2.66. The van der Waals surface area contributed by atoms with Crippen molar-refractivity contribution in [1.29, 1.82) is 0 Å². The summed E-state index contributed by atoms with van der Waals surface area (Å²) in [5, 5.41) is 25.4. The van der Waals surface area contributed by atoms with Gasteiger partial charge in [0.2, 0.25) is 0 Å². The Morgan fingerprint density at radius 1 is 1.50 bits per heavy atom. The molecule has 0 aliphatic heterocycles. The molecule has 2 N–H and O–H groups in total. The van der Waals surface area contributed by atoms with Crippen molar-refractivity contribution in [2.45, 2.75) is 38.6 Å². The molecule has 0 aliphatic carbocycles. The SMILES string of the molecule is CC(C)(C(=O)O)n1cnnc1CCCCO. The number of aliphatic hydroxyl groups excluding tert-OH is 1. The molecule has 0 aromatic carbocycles. The molecule has 0 saturated carbocycles. The number of hydrogen-bond acceptors (Lipinski definition) is 4. The first-order chi connectivity index (χ1) is 7.50. The first-order valence-electron chi connectivity index (χ1n) is 5.23. The van der Waals surface area contributed by atoms with Crippen LogP contribution < -0.4 is 0 Å². The molecule has 0 spiro atoms. The van der Waals surface area contributed by atoms with Crippen LogP contribution in [-0.4, -0.2) is 37.6 Å². The summed E-state index contributed by atoms with van der Waals surface area (Å²) in [5.41, 5.74) is -1.04. The molecule has 0 radical (unpaired) electrons. The molecular formula is C10H17N3O3. The number of aliphatic hydroxyl groups is 1. The van der Waals surface area contributed by atoms with Crippen molar-refractivity contribution in [3.63, 3.8) is 0 Å².